The highest BCUT2D eigenvalue weighted by molar-refractivity contribution is 5.85. The third-order valence-corrected chi connectivity index (χ3v) is 4.69. The molecule has 0 aliphatic carbocycles. The van der Waals surface area contributed by atoms with Crippen molar-refractivity contribution in [3.05, 3.63) is 36.2 Å². The number of aliphatic hydroxyl groups excluding tert-OH is 2. The number of phenols is 1. The fraction of sp³-hybridized carbons (Fsp3) is 0.389. The van der Waals surface area contributed by atoms with E-state index >= 15 is 0 Å². The van der Waals surface area contributed by atoms with Gasteiger partial charge in [-0.05, 0) is 19.1 Å². The van der Waals surface area contributed by atoms with Crippen molar-refractivity contribution in [3.8, 4) is 5.75 Å². The Morgan fingerprint density at radius 1 is 1.28 bits per heavy atom. The van der Waals surface area contributed by atoms with Crippen LogP contribution < -0.4 is 5.32 Å². The maximum Gasteiger partial charge on any atom is 0.167 e. The molecule has 4 N–H and O–H groups in total. The zero-order chi connectivity index (χ0) is 20.7. The van der Waals surface area contributed by atoms with Crippen molar-refractivity contribution >= 4 is 22.7 Å². The van der Waals surface area contributed by atoms with Crippen molar-refractivity contribution in [1.82, 2.24) is 19.5 Å². The predicted octanol–water partition coefficient (Wildman–Crippen LogP) is 0.989. The average Bonchev–Trinajstić information content (AvgIpc) is 3.21. The molecule has 154 valence electrons. The van der Waals surface area contributed by atoms with Crippen LogP contribution in [0.1, 0.15) is 12.1 Å². The number of ether oxygens (including phenoxy) is 2. The lowest BCUT2D eigenvalue weighted by Gasteiger charge is -2.17. The summed E-state index contributed by atoms with van der Waals surface area (Å²) in [5.41, 5.74) is 1.10. The van der Waals surface area contributed by atoms with Gasteiger partial charge < -0.3 is 30.1 Å². The number of aliphatic hydroxyl groups is 2. The minimum Gasteiger partial charge on any atom is -0.505 e. The Hall–Kier alpha value is -2.86. The van der Waals surface area contributed by atoms with Gasteiger partial charge in [-0.3, -0.25) is 4.57 Å². The molecule has 2 aromatic heterocycles. The molecule has 1 aliphatic heterocycles. The molecule has 0 radical (unpaired) electrons. The number of anilines is 2. The van der Waals surface area contributed by atoms with E-state index in [9.17, 15) is 19.7 Å². The Kier molecular flexibility index (Phi) is 5.04. The van der Waals surface area contributed by atoms with Crippen LogP contribution in [0.5, 0.6) is 5.75 Å². The highest BCUT2D eigenvalue weighted by atomic mass is 19.1. The van der Waals surface area contributed by atoms with E-state index in [1.165, 1.54) is 30.1 Å². The number of imidazole rings is 1. The molecule has 0 amide bonds. The summed E-state index contributed by atoms with van der Waals surface area (Å²) in [7, 11) is 1.48. The number of rotatable bonds is 5. The summed E-state index contributed by atoms with van der Waals surface area (Å²) in [6, 6.07) is 3.85. The Morgan fingerprint density at radius 3 is 2.79 bits per heavy atom. The van der Waals surface area contributed by atoms with Crippen LogP contribution in [0.3, 0.4) is 0 Å². The van der Waals surface area contributed by atoms with E-state index in [-0.39, 0.29) is 6.61 Å². The smallest absolute Gasteiger partial charge is 0.167 e. The topological polar surface area (TPSA) is 135 Å². The number of hydrogen-bond acceptors (Lipinski definition) is 9. The second-order valence-electron chi connectivity index (χ2n) is 6.74. The van der Waals surface area contributed by atoms with Crippen LogP contribution in [-0.2, 0) is 9.47 Å². The predicted molar refractivity (Wildman–Crippen MR) is 99.2 cm³/mol. The molecule has 4 rings (SSSR count). The Bertz CT molecular complexity index is 1040. The van der Waals surface area contributed by atoms with Crippen molar-refractivity contribution in [3.63, 3.8) is 0 Å². The number of fused-ring (bicyclic) bond motifs is 1. The summed E-state index contributed by atoms with van der Waals surface area (Å²) in [4.78, 5) is 13.0. The molecular weight excluding hydrogens is 385 g/mol. The number of nitrogens with zero attached hydrogens (tertiary/aromatic N) is 4. The van der Waals surface area contributed by atoms with Crippen molar-refractivity contribution in [1.29, 1.82) is 0 Å². The molecule has 1 aliphatic rings. The zero-order valence-electron chi connectivity index (χ0n) is 15.7. The van der Waals surface area contributed by atoms with E-state index in [0.717, 1.165) is 6.07 Å². The maximum atomic E-state index is 13.6. The third-order valence-electron chi connectivity index (χ3n) is 4.69. The molecule has 29 heavy (non-hydrogen) atoms. The number of hydrogen-bond donors (Lipinski definition) is 4. The lowest BCUT2D eigenvalue weighted by molar-refractivity contribution is -0.0580. The minimum absolute atomic E-state index is 0.120. The molecule has 1 aromatic carbocycles. The summed E-state index contributed by atoms with van der Waals surface area (Å²) in [5, 5.41) is 32.9. The first-order valence-electron chi connectivity index (χ1n) is 8.86. The summed E-state index contributed by atoms with van der Waals surface area (Å²) in [6.45, 7) is 1.79. The minimum atomic E-state index is -1.20. The first-order valence-corrected chi connectivity index (χ1v) is 8.86. The largest absolute Gasteiger partial charge is 0.505 e. The molecular formula is C18H20FN5O5. The fourth-order valence-electron chi connectivity index (χ4n) is 3.28. The van der Waals surface area contributed by atoms with Crippen molar-refractivity contribution in [2.75, 3.05) is 19.0 Å². The van der Waals surface area contributed by atoms with Crippen LogP contribution in [0.2, 0.25) is 0 Å². The van der Waals surface area contributed by atoms with Gasteiger partial charge in [-0.1, -0.05) is 0 Å². The second-order valence-corrected chi connectivity index (χ2v) is 6.74. The summed E-state index contributed by atoms with van der Waals surface area (Å²) < 4.78 is 25.9. The van der Waals surface area contributed by atoms with E-state index in [0.29, 0.717) is 28.5 Å². The van der Waals surface area contributed by atoms with Crippen LogP contribution in [0.4, 0.5) is 15.9 Å². The number of aryl methyl sites for hydroxylation is 1. The average molecular weight is 405 g/mol. The van der Waals surface area contributed by atoms with Gasteiger partial charge in [0.25, 0.3) is 0 Å². The molecule has 3 heterocycles. The molecule has 0 bridgehead atoms. The molecule has 3 aromatic rings. The van der Waals surface area contributed by atoms with Gasteiger partial charge >= 0.3 is 0 Å². The Balaban J connectivity index is 1.71. The number of nitrogens with one attached hydrogen (secondary N) is 1. The van der Waals surface area contributed by atoms with Crippen LogP contribution in [0.15, 0.2) is 24.5 Å². The van der Waals surface area contributed by atoms with Crippen LogP contribution in [-0.4, -0.2) is 66.9 Å². The van der Waals surface area contributed by atoms with Crippen LogP contribution in [0.25, 0.3) is 11.2 Å². The van der Waals surface area contributed by atoms with E-state index in [2.05, 4.69) is 20.3 Å². The van der Waals surface area contributed by atoms with E-state index in [4.69, 9.17) is 9.47 Å². The number of halogens is 1. The number of phenolic OH excluding ortho intramolecular Hbond substituents is 1. The molecule has 11 heteroatoms. The summed E-state index contributed by atoms with van der Waals surface area (Å²) >= 11 is 0. The first kappa shape index (κ1) is 19.5. The third kappa shape index (κ3) is 3.49. The monoisotopic (exact) mass is 405 g/mol. The molecule has 10 nitrogen and oxygen atoms in total. The molecule has 1 saturated heterocycles. The number of aromatic hydroxyl groups is 1. The standard InChI is InChI=1S/C18H20FN5O5/c1-8-21-16(23-9-3-4-11(25)10(19)5-9)13-17(22-8)24(7-20-13)18-15(27)14(26)12(29-18)6-28-2/h3-5,7,12,14-15,18,25-27H,6H2,1-2H3,(H,21,22,23). The molecule has 1 fully saturated rings. The van der Waals surface area contributed by atoms with Gasteiger partial charge in [0.15, 0.2) is 34.8 Å². The van der Waals surface area contributed by atoms with E-state index < -0.39 is 36.1 Å². The van der Waals surface area contributed by atoms with Gasteiger partial charge in [-0.15, -0.1) is 0 Å². The van der Waals surface area contributed by atoms with Gasteiger partial charge in [0.2, 0.25) is 0 Å². The van der Waals surface area contributed by atoms with Gasteiger partial charge in [0.1, 0.15) is 24.1 Å². The summed E-state index contributed by atoms with van der Waals surface area (Å²) in [5.74, 6) is -0.510. The number of aromatic nitrogens is 4. The highest BCUT2D eigenvalue weighted by Crippen LogP contribution is 2.33. The lowest BCUT2D eigenvalue weighted by Crippen LogP contribution is -2.33. The maximum absolute atomic E-state index is 13.6. The van der Waals surface area contributed by atoms with E-state index in [1.54, 1.807) is 6.92 Å². The molecule has 0 saturated carbocycles. The van der Waals surface area contributed by atoms with Gasteiger partial charge in [-0.2, -0.15) is 0 Å². The van der Waals surface area contributed by atoms with Gasteiger partial charge in [0.05, 0.1) is 12.9 Å². The number of methoxy groups -OCH3 is 1. The molecule has 4 unspecified atom stereocenters. The zero-order valence-corrected chi connectivity index (χ0v) is 15.7. The normalized spacial score (nSPS) is 24.3. The van der Waals surface area contributed by atoms with Crippen molar-refractivity contribution in [2.45, 2.75) is 31.5 Å². The highest BCUT2D eigenvalue weighted by Gasteiger charge is 2.44. The van der Waals surface area contributed by atoms with Crippen LogP contribution >= 0.6 is 0 Å². The Morgan fingerprint density at radius 2 is 2.07 bits per heavy atom. The second kappa shape index (κ2) is 7.52. The summed E-state index contributed by atoms with van der Waals surface area (Å²) in [6.07, 6.45) is -2.51. The molecule has 4 atom stereocenters. The van der Waals surface area contributed by atoms with Gasteiger partial charge in [-0.25, -0.2) is 19.3 Å². The SMILES string of the molecule is COCC1OC(n2cnc3c(Nc4ccc(O)c(F)c4)nc(C)nc32)C(O)C1O. The van der Waals surface area contributed by atoms with Crippen molar-refractivity contribution < 1.29 is 29.2 Å². The lowest BCUT2D eigenvalue weighted by atomic mass is 10.1. The first-order chi connectivity index (χ1) is 13.9. The fourth-order valence-corrected chi connectivity index (χ4v) is 3.28. The Labute approximate surface area is 164 Å². The van der Waals surface area contributed by atoms with Gasteiger partial charge in [0, 0.05) is 18.9 Å². The van der Waals surface area contributed by atoms with Crippen LogP contribution in [0, 0.1) is 12.7 Å². The number of benzene rings is 1. The van der Waals surface area contributed by atoms with Crippen molar-refractivity contribution in [2.24, 2.45) is 0 Å². The molecule has 0 spiro atoms. The quantitative estimate of drug-likeness (QED) is 0.458. The van der Waals surface area contributed by atoms with E-state index in [1.807, 2.05) is 0 Å².